The average molecular weight is 338 g/mol. The maximum absolute atomic E-state index is 13.4. The Kier molecular flexibility index (Phi) is 3.00. The number of benzene rings is 2. The second-order valence-electron chi connectivity index (χ2n) is 6.32. The zero-order chi connectivity index (χ0) is 17.0. The molecule has 0 saturated heterocycles. The monoisotopic (exact) mass is 338 g/mol. The van der Waals surface area contributed by atoms with Gasteiger partial charge >= 0.3 is 0 Å². The van der Waals surface area contributed by atoms with Crippen LogP contribution in [0.3, 0.4) is 0 Å². The first-order valence-electron chi connectivity index (χ1n) is 8.17. The minimum Gasteiger partial charge on any atom is -0.454 e. The third kappa shape index (κ3) is 2.25. The van der Waals surface area contributed by atoms with E-state index in [2.05, 4.69) is 4.98 Å². The first kappa shape index (κ1) is 14.3. The van der Waals surface area contributed by atoms with Crippen molar-refractivity contribution in [1.82, 2.24) is 9.88 Å². The minimum absolute atomic E-state index is 0.0413. The van der Waals surface area contributed by atoms with Crippen molar-refractivity contribution in [3.05, 3.63) is 59.0 Å². The van der Waals surface area contributed by atoms with Crippen molar-refractivity contribution < 1.29 is 18.7 Å². The highest BCUT2D eigenvalue weighted by molar-refractivity contribution is 5.95. The summed E-state index contributed by atoms with van der Waals surface area (Å²) in [6, 6.07) is 9.97. The van der Waals surface area contributed by atoms with E-state index in [1.807, 2.05) is 4.90 Å². The van der Waals surface area contributed by atoms with Crippen molar-refractivity contribution in [2.75, 3.05) is 13.3 Å². The van der Waals surface area contributed by atoms with E-state index in [0.29, 0.717) is 30.2 Å². The number of aromatic nitrogens is 1. The molecule has 126 valence electrons. The number of ether oxygens (including phenoxy) is 2. The maximum Gasteiger partial charge on any atom is 0.254 e. The van der Waals surface area contributed by atoms with Gasteiger partial charge in [0, 0.05) is 47.2 Å². The van der Waals surface area contributed by atoms with Crippen LogP contribution in [0.5, 0.6) is 11.5 Å². The van der Waals surface area contributed by atoms with Crippen LogP contribution in [0.25, 0.3) is 10.9 Å². The van der Waals surface area contributed by atoms with Crippen LogP contribution in [-0.4, -0.2) is 29.1 Å². The minimum atomic E-state index is -0.264. The van der Waals surface area contributed by atoms with Crippen LogP contribution in [0.4, 0.5) is 4.39 Å². The molecule has 6 heteroatoms. The molecule has 5 nitrogen and oxygen atoms in total. The molecule has 0 fully saturated rings. The van der Waals surface area contributed by atoms with E-state index in [1.165, 1.54) is 12.1 Å². The molecule has 1 amide bonds. The van der Waals surface area contributed by atoms with Crippen LogP contribution < -0.4 is 9.47 Å². The molecular weight excluding hydrogens is 323 g/mol. The van der Waals surface area contributed by atoms with Crippen molar-refractivity contribution in [2.24, 2.45) is 0 Å². The summed E-state index contributed by atoms with van der Waals surface area (Å²) in [5.41, 5.74) is 3.51. The van der Waals surface area contributed by atoms with Crippen LogP contribution in [0.15, 0.2) is 36.4 Å². The maximum atomic E-state index is 13.4. The van der Waals surface area contributed by atoms with Crippen molar-refractivity contribution in [2.45, 2.75) is 13.0 Å². The topological polar surface area (TPSA) is 54.6 Å². The van der Waals surface area contributed by atoms with E-state index in [1.54, 1.807) is 24.3 Å². The number of nitrogens with zero attached hydrogens (tertiary/aromatic N) is 1. The summed E-state index contributed by atoms with van der Waals surface area (Å²) < 4.78 is 24.1. The normalized spacial score (nSPS) is 15.5. The molecule has 2 aromatic carbocycles. The van der Waals surface area contributed by atoms with E-state index in [0.717, 1.165) is 28.6 Å². The zero-order valence-electron chi connectivity index (χ0n) is 13.3. The Morgan fingerprint density at radius 1 is 1.12 bits per heavy atom. The Bertz CT molecular complexity index is 1010. The predicted octanol–water partition coefficient (Wildman–Crippen LogP) is 3.23. The average Bonchev–Trinajstić information content (AvgIpc) is 3.23. The first-order chi connectivity index (χ1) is 12.2. The van der Waals surface area contributed by atoms with Crippen molar-refractivity contribution >= 4 is 16.8 Å². The number of halogens is 1. The fourth-order valence-corrected chi connectivity index (χ4v) is 3.58. The Morgan fingerprint density at radius 2 is 2.00 bits per heavy atom. The summed E-state index contributed by atoms with van der Waals surface area (Å²) in [6.07, 6.45) is 0.724. The molecule has 1 N–H and O–H groups in total. The van der Waals surface area contributed by atoms with Gasteiger partial charge in [-0.25, -0.2) is 4.39 Å². The van der Waals surface area contributed by atoms with E-state index in [-0.39, 0.29) is 18.5 Å². The standard InChI is InChI=1S/C19H15FN2O3/c20-12-2-3-13-14-9-22(6-5-15(14)21-16(13)8-12)19(23)11-1-4-17-18(7-11)25-10-24-17/h1-4,7-8,21H,5-6,9-10H2. The molecule has 0 atom stereocenters. The van der Waals surface area contributed by atoms with Crippen LogP contribution in [-0.2, 0) is 13.0 Å². The zero-order valence-corrected chi connectivity index (χ0v) is 13.3. The highest BCUT2D eigenvalue weighted by Crippen LogP contribution is 2.34. The molecule has 5 rings (SSSR count). The van der Waals surface area contributed by atoms with E-state index >= 15 is 0 Å². The summed E-state index contributed by atoms with van der Waals surface area (Å²) in [7, 11) is 0. The second-order valence-corrected chi connectivity index (χ2v) is 6.32. The largest absolute Gasteiger partial charge is 0.454 e. The molecule has 2 aliphatic rings. The lowest BCUT2D eigenvalue weighted by atomic mass is 10.0. The van der Waals surface area contributed by atoms with Crippen LogP contribution in [0.2, 0.25) is 0 Å². The van der Waals surface area contributed by atoms with Crippen molar-refractivity contribution in [1.29, 1.82) is 0 Å². The van der Waals surface area contributed by atoms with Crippen LogP contribution >= 0.6 is 0 Å². The van der Waals surface area contributed by atoms with Crippen molar-refractivity contribution in [3.8, 4) is 11.5 Å². The molecule has 0 aliphatic carbocycles. The number of hydrogen-bond acceptors (Lipinski definition) is 3. The second kappa shape index (κ2) is 5.24. The molecule has 25 heavy (non-hydrogen) atoms. The van der Waals surface area contributed by atoms with Gasteiger partial charge in [0.05, 0.1) is 0 Å². The molecule has 3 heterocycles. The van der Waals surface area contributed by atoms with Crippen LogP contribution in [0, 0.1) is 5.82 Å². The Morgan fingerprint density at radius 3 is 2.92 bits per heavy atom. The van der Waals surface area contributed by atoms with Crippen LogP contribution in [0.1, 0.15) is 21.6 Å². The third-order valence-corrected chi connectivity index (χ3v) is 4.84. The fourth-order valence-electron chi connectivity index (χ4n) is 3.58. The van der Waals surface area contributed by atoms with Gasteiger partial charge in [-0.2, -0.15) is 0 Å². The highest BCUT2D eigenvalue weighted by Gasteiger charge is 2.26. The molecular formula is C19H15FN2O3. The number of hydrogen-bond donors (Lipinski definition) is 1. The number of fused-ring (bicyclic) bond motifs is 4. The molecule has 2 aliphatic heterocycles. The van der Waals surface area contributed by atoms with Gasteiger partial charge < -0.3 is 19.4 Å². The van der Waals surface area contributed by atoms with Gasteiger partial charge in [-0.3, -0.25) is 4.79 Å². The SMILES string of the molecule is O=C(c1ccc2c(c1)OCO2)N1CCc2[nH]c3cc(F)ccc3c2C1. The first-order valence-corrected chi connectivity index (χ1v) is 8.17. The van der Waals surface area contributed by atoms with Gasteiger partial charge in [0.25, 0.3) is 5.91 Å². The Hall–Kier alpha value is -3.02. The number of nitrogens with one attached hydrogen (secondary N) is 1. The number of aromatic amines is 1. The lowest BCUT2D eigenvalue weighted by Crippen LogP contribution is -2.35. The molecule has 0 bridgehead atoms. The van der Waals surface area contributed by atoms with Gasteiger partial charge in [-0.15, -0.1) is 0 Å². The van der Waals surface area contributed by atoms with Crippen molar-refractivity contribution in [3.63, 3.8) is 0 Å². The molecule has 1 aromatic heterocycles. The fraction of sp³-hybridized carbons (Fsp3) is 0.211. The van der Waals surface area contributed by atoms with E-state index in [4.69, 9.17) is 9.47 Å². The number of carbonyl (C=O) groups is 1. The number of carbonyl (C=O) groups excluding carboxylic acids is 1. The number of H-pyrrole nitrogens is 1. The Labute approximate surface area is 143 Å². The van der Waals surface area contributed by atoms with Gasteiger partial charge in [0.2, 0.25) is 6.79 Å². The molecule has 0 saturated carbocycles. The number of amides is 1. The van der Waals surface area contributed by atoms with Gasteiger partial charge in [0.1, 0.15) is 5.82 Å². The summed E-state index contributed by atoms with van der Waals surface area (Å²) in [6.45, 7) is 1.32. The molecule has 0 spiro atoms. The third-order valence-electron chi connectivity index (χ3n) is 4.84. The predicted molar refractivity (Wildman–Crippen MR) is 89.3 cm³/mol. The Balaban J connectivity index is 1.47. The van der Waals surface area contributed by atoms with Gasteiger partial charge in [-0.05, 0) is 36.4 Å². The summed E-state index contributed by atoms with van der Waals surface area (Å²) in [4.78, 5) is 18.0. The van der Waals surface area contributed by atoms with Gasteiger partial charge in [0.15, 0.2) is 11.5 Å². The summed E-state index contributed by atoms with van der Waals surface area (Å²) in [5.74, 6) is 0.960. The van der Waals surface area contributed by atoms with Gasteiger partial charge in [-0.1, -0.05) is 0 Å². The molecule has 3 aromatic rings. The van der Waals surface area contributed by atoms with E-state index in [9.17, 15) is 9.18 Å². The summed E-state index contributed by atoms with van der Waals surface area (Å²) >= 11 is 0. The smallest absolute Gasteiger partial charge is 0.254 e. The summed E-state index contributed by atoms with van der Waals surface area (Å²) in [5, 5.41) is 0.972. The molecule has 0 radical (unpaired) electrons. The molecule has 0 unspecified atom stereocenters. The van der Waals surface area contributed by atoms with E-state index < -0.39 is 0 Å². The quantitative estimate of drug-likeness (QED) is 0.741. The highest BCUT2D eigenvalue weighted by atomic mass is 19.1. The number of rotatable bonds is 1. The lowest BCUT2D eigenvalue weighted by Gasteiger charge is -2.27. The lowest BCUT2D eigenvalue weighted by molar-refractivity contribution is 0.0734.